The third-order valence-corrected chi connectivity index (χ3v) is 3.94. The van der Waals surface area contributed by atoms with Gasteiger partial charge in [0.15, 0.2) is 11.7 Å². The average molecular weight is 321 g/mol. The summed E-state index contributed by atoms with van der Waals surface area (Å²) in [6.07, 6.45) is 4.39. The molecule has 1 aromatic carbocycles. The number of amides is 1. The number of rotatable bonds is 7. The van der Waals surface area contributed by atoms with Crippen molar-refractivity contribution in [2.24, 2.45) is 0 Å². The maximum atomic E-state index is 11.9. The van der Waals surface area contributed by atoms with Gasteiger partial charge in [-0.2, -0.15) is 0 Å². The van der Waals surface area contributed by atoms with E-state index < -0.39 is 0 Å². The van der Waals surface area contributed by atoms with Gasteiger partial charge in [0, 0.05) is 24.4 Å². The minimum Gasteiger partial charge on any atom is -0.441 e. The Morgan fingerprint density at radius 3 is 2.73 bits per heavy atom. The van der Waals surface area contributed by atoms with Gasteiger partial charge in [-0.3, -0.25) is 4.79 Å². The van der Waals surface area contributed by atoms with Gasteiger partial charge in [-0.15, -0.1) is 0 Å². The van der Waals surface area contributed by atoms with Gasteiger partial charge in [0.1, 0.15) is 0 Å². The molecule has 1 heterocycles. The van der Waals surface area contributed by atoms with E-state index in [1.807, 2.05) is 24.3 Å². The van der Waals surface area contributed by atoms with Crippen molar-refractivity contribution in [2.75, 3.05) is 0 Å². The van der Waals surface area contributed by atoms with Crippen molar-refractivity contribution in [1.29, 1.82) is 0 Å². The van der Waals surface area contributed by atoms with Crippen LogP contribution in [0.15, 0.2) is 34.9 Å². The predicted molar refractivity (Wildman–Crippen MR) is 87.8 cm³/mol. The van der Waals surface area contributed by atoms with Crippen LogP contribution in [0.2, 0.25) is 5.02 Å². The second-order valence-corrected chi connectivity index (χ2v) is 5.59. The number of nitrogens with one attached hydrogen (secondary N) is 1. The molecule has 0 aliphatic rings. The Morgan fingerprint density at radius 2 is 2.05 bits per heavy atom. The molecule has 0 aliphatic carbocycles. The van der Waals surface area contributed by atoms with Crippen molar-refractivity contribution in [2.45, 2.75) is 45.6 Å². The summed E-state index contributed by atoms with van der Waals surface area (Å²) in [6.45, 7) is 4.14. The van der Waals surface area contributed by atoms with E-state index in [0.29, 0.717) is 29.5 Å². The van der Waals surface area contributed by atoms with E-state index in [2.05, 4.69) is 24.1 Å². The Balaban J connectivity index is 1.93. The molecule has 0 saturated carbocycles. The highest BCUT2D eigenvalue weighted by molar-refractivity contribution is 6.33. The van der Waals surface area contributed by atoms with Crippen molar-refractivity contribution in [3.8, 4) is 11.3 Å². The standard InChI is InChI=1S/C17H21ClN2O2/c1-3-12(4-2)20-16(21)9-10-17-19-11-15(22-17)13-7-5-6-8-14(13)18/h5-8,11-12H,3-4,9-10H2,1-2H3,(H,20,21). The Hall–Kier alpha value is -1.81. The van der Waals surface area contributed by atoms with Crippen LogP contribution in [-0.4, -0.2) is 16.9 Å². The average Bonchev–Trinajstić information content (AvgIpc) is 2.99. The van der Waals surface area contributed by atoms with Crippen molar-refractivity contribution >= 4 is 17.5 Å². The molecular formula is C17H21ClN2O2. The molecule has 1 N–H and O–H groups in total. The fraction of sp³-hybridized carbons (Fsp3) is 0.412. The largest absolute Gasteiger partial charge is 0.441 e. The first-order valence-electron chi connectivity index (χ1n) is 7.63. The number of oxazole rings is 1. The van der Waals surface area contributed by atoms with Crippen LogP contribution >= 0.6 is 11.6 Å². The first-order valence-corrected chi connectivity index (χ1v) is 8.00. The van der Waals surface area contributed by atoms with Gasteiger partial charge in [0.25, 0.3) is 0 Å². The number of halogens is 1. The fourth-order valence-corrected chi connectivity index (χ4v) is 2.45. The molecule has 2 aromatic rings. The van der Waals surface area contributed by atoms with Gasteiger partial charge in [0.2, 0.25) is 5.91 Å². The summed E-state index contributed by atoms with van der Waals surface area (Å²) in [7, 11) is 0. The maximum absolute atomic E-state index is 11.9. The zero-order valence-corrected chi connectivity index (χ0v) is 13.7. The van der Waals surface area contributed by atoms with Crippen LogP contribution in [-0.2, 0) is 11.2 Å². The molecule has 4 nitrogen and oxygen atoms in total. The van der Waals surface area contributed by atoms with Crippen molar-refractivity contribution in [3.05, 3.63) is 41.4 Å². The van der Waals surface area contributed by atoms with E-state index in [9.17, 15) is 4.79 Å². The van der Waals surface area contributed by atoms with Gasteiger partial charge >= 0.3 is 0 Å². The Bertz CT molecular complexity index is 621. The molecule has 1 amide bonds. The molecule has 5 heteroatoms. The Morgan fingerprint density at radius 1 is 1.32 bits per heavy atom. The predicted octanol–water partition coefficient (Wildman–Crippen LogP) is 4.23. The van der Waals surface area contributed by atoms with Crippen LogP contribution in [0.4, 0.5) is 0 Å². The molecule has 0 radical (unpaired) electrons. The third kappa shape index (κ3) is 4.34. The lowest BCUT2D eigenvalue weighted by Gasteiger charge is -2.13. The van der Waals surface area contributed by atoms with Gasteiger partial charge in [-0.05, 0) is 25.0 Å². The first kappa shape index (κ1) is 16.6. The number of aromatic nitrogens is 1. The molecule has 1 aromatic heterocycles. The molecule has 118 valence electrons. The van der Waals surface area contributed by atoms with Gasteiger partial charge in [-0.25, -0.2) is 4.98 Å². The Labute approximate surface area is 135 Å². The van der Waals surface area contributed by atoms with Crippen LogP contribution in [0, 0.1) is 0 Å². The second-order valence-electron chi connectivity index (χ2n) is 5.18. The van der Waals surface area contributed by atoms with Crippen molar-refractivity contribution in [1.82, 2.24) is 10.3 Å². The number of hydrogen-bond donors (Lipinski definition) is 1. The molecule has 0 unspecified atom stereocenters. The normalized spacial score (nSPS) is 10.9. The number of hydrogen-bond acceptors (Lipinski definition) is 3. The van der Waals surface area contributed by atoms with E-state index in [-0.39, 0.29) is 11.9 Å². The lowest BCUT2D eigenvalue weighted by Crippen LogP contribution is -2.33. The van der Waals surface area contributed by atoms with Crippen LogP contribution in [0.3, 0.4) is 0 Å². The summed E-state index contributed by atoms with van der Waals surface area (Å²) in [5.41, 5.74) is 0.810. The molecule has 0 saturated heterocycles. The van der Waals surface area contributed by atoms with Crippen LogP contribution in [0.1, 0.15) is 39.0 Å². The molecule has 22 heavy (non-hydrogen) atoms. The summed E-state index contributed by atoms with van der Waals surface area (Å²) >= 11 is 6.13. The summed E-state index contributed by atoms with van der Waals surface area (Å²) in [4.78, 5) is 16.1. The smallest absolute Gasteiger partial charge is 0.220 e. The molecule has 0 aliphatic heterocycles. The summed E-state index contributed by atoms with van der Waals surface area (Å²) in [5, 5.41) is 3.63. The van der Waals surface area contributed by atoms with Gasteiger partial charge < -0.3 is 9.73 Å². The van der Waals surface area contributed by atoms with E-state index in [4.69, 9.17) is 16.0 Å². The summed E-state index contributed by atoms with van der Waals surface area (Å²) in [6, 6.07) is 7.70. The van der Waals surface area contributed by atoms with Gasteiger partial charge in [0.05, 0.1) is 11.2 Å². The summed E-state index contributed by atoms with van der Waals surface area (Å²) < 4.78 is 5.68. The minimum absolute atomic E-state index is 0.0335. The number of nitrogens with zero attached hydrogens (tertiary/aromatic N) is 1. The van der Waals surface area contributed by atoms with Crippen LogP contribution < -0.4 is 5.32 Å². The number of carbonyl (C=O) groups is 1. The first-order chi connectivity index (χ1) is 10.6. The SMILES string of the molecule is CCC(CC)NC(=O)CCc1ncc(-c2ccccc2Cl)o1. The summed E-state index contributed by atoms with van der Waals surface area (Å²) in [5.74, 6) is 1.21. The number of carbonyl (C=O) groups excluding carboxylic acids is 1. The quantitative estimate of drug-likeness (QED) is 0.830. The lowest BCUT2D eigenvalue weighted by atomic mass is 10.1. The van der Waals surface area contributed by atoms with E-state index >= 15 is 0 Å². The number of aryl methyl sites for hydroxylation is 1. The third-order valence-electron chi connectivity index (χ3n) is 3.61. The van der Waals surface area contributed by atoms with E-state index in [0.717, 1.165) is 18.4 Å². The molecular weight excluding hydrogens is 300 g/mol. The molecule has 0 atom stereocenters. The fourth-order valence-electron chi connectivity index (χ4n) is 2.22. The maximum Gasteiger partial charge on any atom is 0.220 e. The zero-order valence-electron chi connectivity index (χ0n) is 12.9. The topological polar surface area (TPSA) is 55.1 Å². The monoisotopic (exact) mass is 320 g/mol. The molecule has 0 bridgehead atoms. The van der Waals surface area contributed by atoms with Crippen LogP contribution in [0.25, 0.3) is 11.3 Å². The molecule has 0 spiro atoms. The highest BCUT2D eigenvalue weighted by Gasteiger charge is 2.12. The van der Waals surface area contributed by atoms with Crippen LogP contribution in [0.5, 0.6) is 0 Å². The second kappa shape index (κ2) is 7.99. The minimum atomic E-state index is 0.0335. The van der Waals surface area contributed by atoms with Gasteiger partial charge in [-0.1, -0.05) is 37.6 Å². The highest BCUT2D eigenvalue weighted by Crippen LogP contribution is 2.28. The van der Waals surface area contributed by atoms with E-state index in [1.165, 1.54) is 0 Å². The molecule has 2 rings (SSSR count). The van der Waals surface area contributed by atoms with Crippen molar-refractivity contribution < 1.29 is 9.21 Å². The number of benzene rings is 1. The zero-order chi connectivity index (χ0) is 15.9. The van der Waals surface area contributed by atoms with E-state index in [1.54, 1.807) is 6.20 Å². The lowest BCUT2D eigenvalue weighted by molar-refractivity contribution is -0.121. The molecule has 0 fully saturated rings. The Kier molecular flexibility index (Phi) is 6.01. The van der Waals surface area contributed by atoms with Crippen molar-refractivity contribution in [3.63, 3.8) is 0 Å². The highest BCUT2D eigenvalue weighted by atomic mass is 35.5.